The van der Waals surface area contributed by atoms with Gasteiger partial charge in [0, 0.05) is 6.04 Å². The summed E-state index contributed by atoms with van der Waals surface area (Å²) in [6, 6.07) is -0.205. The zero-order valence-electron chi connectivity index (χ0n) is 7.71. The Morgan fingerprint density at radius 2 is 1.87 bits per heavy atom. The van der Waals surface area contributed by atoms with Crippen LogP contribution in [0.4, 0.5) is 13.2 Å². The van der Waals surface area contributed by atoms with Gasteiger partial charge in [0.25, 0.3) is 0 Å². The van der Waals surface area contributed by atoms with E-state index in [4.69, 9.17) is 5.73 Å². The lowest BCUT2D eigenvalue weighted by Crippen LogP contribution is -2.30. The predicted molar refractivity (Wildman–Crippen MR) is 42.5 cm³/mol. The van der Waals surface area contributed by atoms with Crippen molar-refractivity contribution in [2.75, 3.05) is 0 Å². The molecular formula is C8H10F3NO3. The molecule has 0 saturated heterocycles. The Morgan fingerprint density at radius 1 is 1.27 bits per heavy atom. The van der Waals surface area contributed by atoms with Crippen molar-refractivity contribution >= 4 is 11.9 Å². The fourth-order valence-corrected chi connectivity index (χ4v) is 1.46. The Bertz CT molecular complexity index is 277. The quantitative estimate of drug-likeness (QED) is 0.528. The number of hydrogen-bond acceptors (Lipinski definition) is 4. The summed E-state index contributed by atoms with van der Waals surface area (Å²) in [5, 5.41) is 0. The Labute approximate surface area is 83.6 Å². The van der Waals surface area contributed by atoms with Gasteiger partial charge in [0.15, 0.2) is 0 Å². The second kappa shape index (κ2) is 4.18. The van der Waals surface area contributed by atoms with E-state index in [9.17, 15) is 22.8 Å². The Morgan fingerprint density at radius 3 is 2.27 bits per heavy atom. The van der Waals surface area contributed by atoms with Gasteiger partial charge < -0.3 is 10.5 Å². The van der Waals surface area contributed by atoms with Gasteiger partial charge in [-0.3, -0.25) is 4.79 Å². The number of hydrogen-bond donors (Lipinski definition) is 1. The van der Waals surface area contributed by atoms with Gasteiger partial charge in [0.1, 0.15) is 0 Å². The minimum absolute atomic E-state index is 0.205. The summed E-state index contributed by atoms with van der Waals surface area (Å²) in [6.45, 7) is 0. The minimum Gasteiger partial charge on any atom is -0.386 e. The van der Waals surface area contributed by atoms with Gasteiger partial charge in [-0.05, 0) is 19.3 Å². The van der Waals surface area contributed by atoms with E-state index in [0.717, 1.165) is 0 Å². The summed E-state index contributed by atoms with van der Waals surface area (Å²) in [6.07, 6.45) is -3.94. The van der Waals surface area contributed by atoms with Crippen molar-refractivity contribution in [1.29, 1.82) is 0 Å². The average molecular weight is 225 g/mol. The molecule has 0 amide bonds. The lowest BCUT2D eigenvalue weighted by Gasteiger charge is -2.09. The first kappa shape index (κ1) is 12.0. The van der Waals surface area contributed by atoms with Crippen LogP contribution in [0.3, 0.4) is 0 Å². The summed E-state index contributed by atoms with van der Waals surface area (Å²) in [7, 11) is 0. The third kappa shape index (κ3) is 3.19. The first-order chi connectivity index (χ1) is 6.80. The molecule has 0 heterocycles. The molecule has 1 aliphatic rings. The third-order valence-corrected chi connectivity index (χ3v) is 2.23. The maximum atomic E-state index is 11.7. The van der Waals surface area contributed by atoms with Crippen molar-refractivity contribution in [3.05, 3.63) is 0 Å². The predicted octanol–water partition coefficient (Wildman–Crippen LogP) is 0.746. The molecule has 0 aromatic rings. The number of alkyl halides is 3. The van der Waals surface area contributed by atoms with Gasteiger partial charge in [-0.1, -0.05) is 0 Å². The van der Waals surface area contributed by atoms with E-state index in [2.05, 4.69) is 4.74 Å². The number of ether oxygens (including phenoxy) is 1. The van der Waals surface area contributed by atoms with Crippen molar-refractivity contribution in [3.8, 4) is 0 Å². The number of carbonyl (C=O) groups excluding carboxylic acids is 2. The normalized spacial score (nSPS) is 26.4. The van der Waals surface area contributed by atoms with Crippen molar-refractivity contribution in [1.82, 2.24) is 0 Å². The summed E-state index contributed by atoms with van der Waals surface area (Å²) < 4.78 is 38.9. The van der Waals surface area contributed by atoms with Gasteiger partial charge in [-0.25, -0.2) is 4.79 Å². The highest BCUT2D eigenvalue weighted by Crippen LogP contribution is 2.26. The van der Waals surface area contributed by atoms with E-state index in [-0.39, 0.29) is 12.5 Å². The summed E-state index contributed by atoms with van der Waals surface area (Å²) in [4.78, 5) is 21.4. The molecule has 0 bridgehead atoms. The highest BCUT2D eigenvalue weighted by molar-refractivity contribution is 5.89. The molecular weight excluding hydrogens is 215 g/mol. The highest BCUT2D eigenvalue weighted by atomic mass is 19.4. The molecule has 4 nitrogen and oxygen atoms in total. The molecule has 1 saturated carbocycles. The topological polar surface area (TPSA) is 69.4 Å². The van der Waals surface area contributed by atoms with E-state index in [1.54, 1.807) is 0 Å². The molecule has 0 radical (unpaired) electrons. The van der Waals surface area contributed by atoms with Crippen LogP contribution >= 0.6 is 0 Å². The molecule has 15 heavy (non-hydrogen) atoms. The van der Waals surface area contributed by atoms with Crippen LogP contribution in [0.5, 0.6) is 0 Å². The van der Waals surface area contributed by atoms with E-state index in [1.807, 2.05) is 0 Å². The van der Waals surface area contributed by atoms with Gasteiger partial charge in [-0.2, -0.15) is 13.2 Å². The molecule has 86 valence electrons. The Kier molecular flexibility index (Phi) is 3.33. The number of carbonyl (C=O) groups is 2. The standard InChI is InChI=1S/C8H10F3NO3/c9-8(10,11)7(14)15-6(13)4-1-2-5(12)3-4/h4-5H,1-3,12H2. The fourth-order valence-electron chi connectivity index (χ4n) is 1.46. The maximum Gasteiger partial charge on any atom is 0.491 e. The minimum atomic E-state index is -5.13. The highest BCUT2D eigenvalue weighted by Gasteiger charge is 2.43. The fraction of sp³-hybridized carbons (Fsp3) is 0.750. The summed E-state index contributed by atoms with van der Waals surface area (Å²) >= 11 is 0. The molecule has 1 rings (SSSR count). The van der Waals surface area contributed by atoms with Crippen LogP contribution in [0, 0.1) is 5.92 Å². The van der Waals surface area contributed by atoms with Crippen LogP contribution in [0.25, 0.3) is 0 Å². The zero-order valence-corrected chi connectivity index (χ0v) is 7.71. The molecule has 0 aliphatic heterocycles. The van der Waals surface area contributed by atoms with Crippen molar-refractivity contribution in [2.45, 2.75) is 31.5 Å². The molecule has 2 atom stereocenters. The first-order valence-electron chi connectivity index (χ1n) is 4.39. The molecule has 1 fully saturated rings. The van der Waals surface area contributed by atoms with Crippen LogP contribution in [-0.2, 0) is 14.3 Å². The number of rotatable bonds is 1. The lowest BCUT2D eigenvalue weighted by molar-refractivity contribution is -0.203. The zero-order chi connectivity index (χ0) is 11.6. The molecule has 0 spiro atoms. The molecule has 2 unspecified atom stereocenters. The largest absolute Gasteiger partial charge is 0.491 e. The van der Waals surface area contributed by atoms with Crippen LogP contribution in [0.15, 0.2) is 0 Å². The summed E-state index contributed by atoms with van der Waals surface area (Å²) in [5.41, 5.74) is 5.46. The van der Waals surface area contributed by atoms with E-state index in [0.29, 0.717) is 12.8 Å². The molecule has 2 N–H and O–H groups in total. The SMILES string of the molecule is NC1CCC(C(=O)OC(=O)C(F)(F)F)C1. The van der Waals surface area contributed by atoms with Crippen molar-refractivity contribution in [2.24, 2.45) is 11.7 Å². The van der Waals surface area contributed by atoms with Crippen LogP contribution in [-0.4, -0.2) is 24.2 Å². The van der Waals surface area contributed by atoms with Gasteiger partial charge >= 0.3 is 18.1 Å². The second-order valence-corrected chi connectivity index (χ2v) is 3.48. The average Bonchev–Trinajstić information content (AvgIpc) is 2.50. The molecule has 1 aliphatic carbocycles. The molecule has 0 aromatic heterocycles. The van der Waals surface area contributed by atoms with Crippen LogP contribution < -0.4 is 5.73 Å². The maximum absolute atomic E-state index is 11.7. The Hall–Kier alpha value is -1.11. The number of halogens is 3. The summed E-state index contributed by atoms with van der Waals surface area (Å²) in [5.74, 6) is -4.29. The van der Waals surface area contributed by atoms with E-state index >= 15 is 0 Å². The van der Waals surface area contributed by atoms with Crippen LogP contribution in [0.2, 0.25) is 0 Å². The van der Waals surface area contributed by atoms with Crippen LogP contribution in [0.1, 0.15) is 19.3 Å². The van der Waals surface area contributed by atoms with Gasteiger partial charge in [0.2, 0.25) is 0 Å². The lowest BCUT2D eigenvalue weighted by atomic mass is 10.1. The first-order valence-corrected chi connectivity index (χ1v) is 4.39. The number of nitrogens with two attached hydrogens (primary N) is 1. The molecule has 0 aromatic carbocycles. The number of esters is 2. The van der Waals surface area contributed by atoms with E-state index in [1.165, 1.54) is 0 Å². The monoisotopic (exact) mass is 225 g/mol. The molecule has 7 heteroatoms. The Balaban J connectivity index is 2.46. The van der Waals surface area contributed by atoms with Crippen molar-refractivity contribution < 1.29 is 27.5 Å². The second-order valence-electron chi connectivity index (χ2n) is 3.48. The van der Waals surface area contributed by atoms with Gasteiger partial charge in [0.05, 0.1) is 5.92 Å². The van der Waals surface area contributed by atoms with E-state index < -0.39 is 24.0 Å². The van der Waals surface area contributed by atoms with Gasteiger partial charge in [-0.15, -0.1) is 0 Å². The smallest absolute Gasteiger partial charge is 0.386 e. The third-order valence-electron chi connectivity index (χ3n) is 2.23. The van der Waals surface area contributed by atoms with Crippen molar-refractivity contribution in [3.63, 3.8) is 0 Å².